The molecule has 2 aromatic heterocycles. The van der Waals surface area contributed by atoms with Gasteiger partial charge in [-0.2, -0.15) is 0 Å². The molecular formula is C17H18N2S. The smallest absolute Gasteiger partial charge is 0.0705 e. The van der Waals surface area contributed by atoms with Gasteiger partial charge in [-0.25, -0.2) is 0 Å². The van der Waals surface area contributed by atoms with Crippen LogP contribution in [0.25, 0.3) is 10.9 Å². The van der Waals surface area contributed by atoms with Crippen molar-refractivity contribution in [2.45, 2.75) is 25.9 Å². The van der Waals surface area contributed by atoms with Crippen molar-refractivity contribution >= 4 is 22.2 Å². The SMILES string of the molecule is CC(Cc1cccs1)NCc1ccc2ccccc2n1. The molecule has 0 amide bonds. The van der Waals surface area contributed by atoms with Crippen LogP contribution in [-0.4, -0.2) is 11.0 Å². The lowest BCUT2D eigenvalue weighted by Gasteiger charge is -2.12. The van der Waals surface area contributed by atoms with E-state index in [0.29, 0.717) is 6.04 Å². The number of nitrogens with zero attached hydrogens (tertiary/aromatic N) is 1. The zero-order valence-corrected chi connectivity index (χ0v) is 12.4. The molecule has 0 aliphatic rings. The molecule has 1 aromatic carbocycles. The van der Waals surface area contributed by atoms with Gasteiger partial charge in [0.15, 0.2) is 0 Å². The molecule has 0 radical (unpaired) electrons. The summed E-state index contributed by atoms with van der Waals surface area (Å²) in [6.45, 7) is 3.04. The highest BCUT2D eigenvalue weighted by Gasteiger charge is 2.05. The van der Waals surface area contributed by atoms with Gasteiger partial charge in [-0.15, -0.1) is 11.3 Å². The standard InChI is InChI=1S/C17H18N2S/c1-13(11-16-6-4-10-20-16)18-12-15-9-8-14-5-2-3-7-17(14)19-15/h2-10,13,18H,11-12H2,1H3. The summed E-state index contributed by atoms with van der Waals surface area (Å²) in [6.07, 6.45) is 1.07. The predicted molar refractivity (Wildman–Crippen MR) is 86.1 cm³/mol. The van der Waals surface area contributed by atoms with Crippen LogP contribution < -0.4 is 5.32 Å². The Kier molecular flexibility index (Phi) is 4.09. The molecule has 0 bridgehead atoms. The second kappa shape index (κ2) is 6.16. The van der Waals surface area contributed by atoms with Gasteiger partial charge in [-0.3, -0.25) is 4.98 Å². The average Bonchev–Trinajstić information content (AvgIpc) is 2.98. The third-order valence-electron chi connectivity index (χ3n) is 3.38. The van der Waals surface area contributed by atoms with Crippen molar-refractivity contribution in [2.24, 2.45) is 0 Å². The minimum Gasteiger partial charge on any atom is -0.308 e. The van der Waals surface area contributed by atoms with Crippen molar-refractivity contribution in [3.63, 3.8) is 0 Å². The van der Waals surface area contributed by atoms with Crippen molar-refractivity contribution in [1.82, 2.24) is 10.3 Å². The van der Waals surface area contributed by atoms with Crippen LogP contribution in [0.15, 0.2) is 53.9 Å². The first kappa shape index (κ1) is 13.3. The van der Waals surface area contributed by atoms with Crippen LogP contribution in [0.5, 0.6) is 0 Å². The second-order valence-corrected chi connectivity index (χ2v) is 6.09. The maximum Gasteiger partial charge on any atom is 0.0705 e. The number of nitrogens with one attached hydrogen (secondary N) is 1. The van der Waals surface area contributed by atoms with Gasteiger partial charge in [-0.05, 0) is 36.9 Å². The molecule has 102 valence electrons. The lowest BCUT2D eigenvalue weighted by atomic mass is 10.2. The van der Waals surface area contributed by atoms with Crippen molar-refractivity contribution in [1.29, 1.82) is 0 Å². The highest BCUT2D eigenvalue weighted by molar-refractivity contribution is 7.09. The number of thiophene rings is 1. The Morgan fingerprint density at radius 3 is 2.85 bits per heavy atom. The van der Waals surface area contributed by atoms with E-state index < -0.39 is 0 Å². The number of benzene rings is 1. The third kappa shape index (κ3) is 3.24. The third-order valence-corrected chi connectivity index (χ3v) is 4.27. The number of hydrogen-bond donors (Lipinski definition) is 1. The fraction of sp³-hybridized carbons (Fsp3) is 0.235. The normalized spacial score (nSPS) is 12.7. The van der Waals surface area contributed by atoms with Crippen molar-refractivity contribution in [3.8, 4) is 0 Å². The minimum absolute atomic E-state index is 0.460. The molecule has 3 rings (SSSR count). The van der Waals surface area contributed by atoms with Gasteiger partial charge in [0.05, 0.1) is 11.2 Å². The van der Waals surface area contributed by atoms with Gasteiger partial charge in [0, 0.05) is 22.8 Å². The van der Waals surface area contributed by atoms with E-state index in [4.69, 9.17) is 0 Å². The van der Waals surface area contributed by atoms with Crippen molar-refractivity contribution in [3.05, 3.63) is 64.5 Å². The monoisotopic (exact) mass is 282 g/mol. The summed E-state index contributed by atoms with van der Waals surface area (Å²) in [5, 5.41) is 6.88. The van der Waals surface area contributed by atoms with Crippen LogP contribution >= 0.6 is 11.3 Å². The van der Waals surface area contributed by atoms with E-state index in [-0.39, 0.29) is 0 Å². The van der Waals surface area contributed by atoms with Crippen molar-refractivity contribution < 1.29 is 0 Å². The molecule has 0 saturated heterocycles. The maximum atomic E-state index is 4.68. The van der Waals surface area contributed by atoms with Crippen LogP contribution in [0.4, 0.5) is 0 Å². The molecule has 0 saturated carbocycles. The van der Waals surface area contributed by atoms with Crippen LogP contribution in [-0.2, 0) is 13.0 Å². The Morgan fingerprint density at radius 1 is 1.10 bits per heavy atom. The van der Waals surface area contributed by atoms with E-state index in [0.717, 1.165) is 24.2 Å². The van der Waals surface area contributed by atoms with Crippen LogP contribution in [0.2, 0.25) is 0 Å². The van der Waals surface area contributed by atoms with E-state index in [1.807, 2.05) is 23.5 Å². The lowest BCUT2D eigenvalue weighted by Crippen LogP contribution is -2.27. The summed E-state index contributed by atoms with van der Waals surface area (Å²) in [4.78, 5) is 6.11. The number of fused-ring (bicyclic) bond motifs is 1. The fourth-order valence-electron chi connectivity index (χ4n) is 2.29. The van der Waals surface area contributed by atoms with Gasteiger partial charge < -0.3 is 5.32 Å². The van der Waals surface area contributed by atoms with Gasteiger partial charge >= 0.3 is 0 Å². The first-order valence-electron chi connectivity index (χ1n) is 6.92. The van der Waals surface area contributed by atoms with Crippen LogP contribution in [0.3, 0.4) is 0 Å². The van der Waals surface area contributed by atoms with E-state index in [2.05, 4.69) is 59.0 Å². The van der Waals surface area contributed by atoms with E-state index >= 15 is 0 Å². The number of hydrogen-bond acceptors (Lipinski definition) is 3. The number of aromatic nitrogens is 1. The summed E-state index contributed by atoms with van der Waals surface area (Å²) in [5.41, 5.74) is 2.17. The molecule has 1 unspecified atom stereocenters. The molecule has 20 heavy (non-hydrogen) atoms. The molecule has 3 heteroatoms. The highest BCUT2D eigenvalue weighted by Crippen LogP contribution is 2.13. The summed E-state index contributed by atoms with van der Waals surface area (Å²) in [5.74, 6) is 0. The van der Waals surface area contributed by atoms with E-state index in [9.17, 15) is 0 Å². The molecule has 0 aliphatic heterocycles. The minimum atomic E-state index is 0.460. The second-order valence-electron chi connectivity index (χ2n) is 5.06. The van der Waals surface area contributed by atoms with Gasteiger partial charge in [0.25, 0.3) is 0 Å². The quantitative estimate of drug-likeness (QED) is 0.764. The molecule has 1 atom stereocenters. The molecule has 2 nitrogen and oxygen atoms in total. The Hall–Kier alpha value is -1.71. The summed E-state index contributed by atoms with van der Waals surface area (Å²) in [7, 11) is 0. The van der Waals surface area contributed by atoms with Gasteiger partial charge in [0.1, 0.15) is 0 Å². The number of pyridine rings is 1. The number of rotatable bonds is 5. The maximum absolute atomic E-state index is 4.68. The van der Waals surface area contributed by atoms with Crippen LogP contribution in [0, 0.1) is 0 Å². The molecule has 2 heterocycles. The number of para-hydroxylation sites is 1. The van der Waals surface area contributed by atoms with E-state index in [1.165, 1.54) is 10.3 Å². The van der Waals surface area contributed by atoms with Crippen molar-refractivity contribution in [2.75, 3.05) is 0 Å². The average molecular weight is 282 g/mol. The molecule has 1 N–H and O–H groups in total. The van der Waals surface area contributed by atoms with Gasteiger partial charge in [-0.1, -0.05) is 30.3 Å². The topological polar surface area (TPSA) is 24.9 Å². The Balaban J connectivity index is 1.61. The Morgan fingerprint density at radius 2 is 2.00 bits per heavy atom. The van der Waals surface area contributed by atoms with E-state index in [1.54, 1.807) is 0 Å². The lowest BCUT2D eigenvalue weighted by molar-refractivity contribution is 0.544. The predicted octanol–water partition coefficient (Wildman–Crippen LogP) is 4.02. The summed E-state index contributed by atoms with van der Waals surface area (Å²) < 4.78 is 0. The fourth-order valence-corrected chi connectivity index (χ4v) is 3.12. The summed E-state index contributed by atoms with van der Waals surface area (Å²) in [6, 6.07) is 17.2. The molecule has 0 fully saturated rings. The van der Waals surface area contributed by atoms with Crippen LogP contribution in [0.1, 0.15) is 17.5 Å². The first-order chi connectivity index (χ1) is 9.81. The molecule has 0 spiro atoms. The Bertz CT molecular complexity index is 676. The zero-order chi connectivity index (χ0) is 13.8. The first-order valence-corrected chi connectivity index (χ1v) is 7.80. The molecule has 0 aliphatic carbocycles. The summed E-state index contributed by atoms with van der Waals surface area (Å²) >= 11 is 1.82. The zero-order valence-electron chi connectivity index (χ0n) is 11.5. The van der Waals surface area contributed by atoms with Gasteiger partial charge in [0.2, 0.25) is 0 Å². The Labute approximate surface area is 123 Å². The largest absolute Gasteiger partial charge is 0.308 e. The molecule has 3 aromatic rings. The molecular weight excluding hydrogens is 264 g/mol. The highest BCUT2D eigenvalue weighted by atomic mass is 32.1.